The van der Waals surface area contributed by atoms with Gasteiger partial charge in [-0.25, -0.2) is 0 Å². The third-order valence-electron chi connectivity index (χ3n) is 8.63. The lowest BCUT2D eigenvalue weighted by molar-refractivity contribution is -0.165. The lowest BCUT2D eigenvalue weighted by Gasteiger charge is -2.29. The van der Waals surface area contributed by atoms with Crippen LogP contribution >= 0.6 is 0 Å². The Labute approximate surface area is 246 Å². The minimum atomic E-state index is -3.24. The number of ether oxygens (including phenoxy) is 3. The van der Waals surface area contributed by atoms with Gasteiger partial charge in [0, 0.05) is 63.5 Å². The summed E-state index contributed by atoms with van der Waals surface area (Å²) in [6.45, 7) is 2.04. The number of hydrogen-bond acceptors (Lipinski definition) is 11. The molecule has 2 aromatic carbocycles. The summed E-state index contributed by atoms with van der Waals surface area (Å²) in [5.74, 6) is -0.252. The predicted octanol–water partition coefficient (Wildman–Crippen LogP) is 1.94. The van der Waals surface area contributed by atoms with Gasteiger partial charge >= 0.3 is 32.5 Å². The van der Waals surface area contributed by atoms with E-state index < -0.39 is 35.7 Å². The average Bonchev–Trinajstić information content (AvgIpc) is 3.42. The molecular weight excluding hydrogens is 562 g/mol. The van der Waals surface area contributed by atoms with Gasteiger partial charge in [0.05, 0.1) is 19.5 Å². The second-order valence-corrected chi connectivity index (χ2v) is 13.7. The Balaban J connectivity index is 0.990. The molecule has 5 heterocycles. The lowest BCUT2D eigenvalue weighted by Crippen LogP contribution is -2.47. The van der Waals surface area contributed by atoms with Crippen LogP contribution in [-0.4, -0.2) is 116 Å². The van der Waals surface area contributed by atoms with E-state index in [1.165, 1.54) is 0 Å². The smallest absolute Gasteiger partial charge is 0.456 e. The molecule has 0 aliphatic carbocycles. The largest absolute Gasteiger partial charge is 0.672 e. The number of furan rings is 1. The molecule has 42 heavy (non-hydrogen) atoms. The highest BCUT2D eigenvalue weighted by atomic mass is 27.2. The van der Waals surface area contributed by atoms with E-state index in [0.717, 1.165) is 22.4 Å². The fraction of sp³-hybridized carbons (Fsp3) is 0.414. The molecule has 0 N–H and O–H groups in total. The molecule has 0 bridgehead atoms. The zero-order valence-corrected chi connectivity index (χ0v) is 24.5. The van der Waals surface area contributed by atoms with Crippen LogP contribution in [0.2, 0.25) is 0 Å². The van der Waals surface area contributed by atoms with E-state index in [4.69, 9.17) is 18.6 Å². The van der Waals surface area contributed by atoms with E-state index in [-0.39, 0.29) is 25.5 Å². The Hall–Kier alpha value is -3.47. The summed E-state index contributed by atoms with van der Waals surface area (Å²) in [6, 6.07) is 15.3. The minimum Gasteiger partial charge on any atom is -0.456 e. The Morgan fingerprint density at radius 2 is 1.60 bits per heavy atom. The summed E-state index contributed by atoms with van der Waals surface area (Å²) in [7, 11) is 3.98. The van der Waals surface area contributed by atoms with Gasteiger partial charge < -0.3 is 32.0 Å². The quantitative estimate of drug-likeness (QED) is 0.238. The van der Waals surface area contributed by atoms with Gasteiger partial charge in [0.15, 0.2) is 9.17 Å². The van der Waals surface area contributed by atoms with Crippen LogP contribution in [0.4, 0.5) is 9.21 Å². The van der Waals surface area contributed by atoms with Gasteiger partial charge in [0.1, 0.15) is 17.1 Å². The molecule has 4 aliphatic heterocycles. The second-order valence-electron chi connectivity index (χ2n) is 11.4. The molecule has 11 nitrogen and oxygen atoms in total. The third-order valence-corrected chi connectivity index (χ3v) is 11.5. The molecule has 2 spiro atoms. The van der Waals surface area contributed by atoms with E-state index in [1.54, 1.807) is 28.0 Å². The molecule has 3 aromatic rings. The first-order valence-electron chi connectivity index (χ1n) is 14.0. The summed E-state index contributed by atoms with van der Waals surface area (Å²) < 4.78 is 35.2. The highest BCUT2D eigenvalue weighted by Gasteiger charge is 2.99. The molecule has 0 radical (unpaired) electrons. The highest BCUT2D eigenvalue weighted by molar-refractivity contribution is 6.72. The van der Waals surface area contributed by atoms with Crippen molar-refractivity contribution in [2.75, 3.05) is 64.8 Å². The van der Waals surface area contributed by atoms with Crippen molar-refractivity contribution < 1.29 is 36.5 Å². The molecule has 1 aromatic heterocycles. The Morgan fingerprint density at radius 1 is 0.952 bits per heavy atom. The molecule has 0 unspecified atom stereocenters. The van der Waals surface area contributed by atoms with Crippen LogP contribution in [0.15, 0.2) is 52.9 Å². The van der Waals surface area contributed by atoms with Crippen LogP contribution < -0.4 is 9.64 Å². The molecule has 0 saturated carbocycles. The molecule has 4 aliphatic rings. The van der Waals surface area contributed by atoms with Gasteiger partial charge in [0.25, 0.3) is 0 Å². The Morgan fingerprint density at radius 3 is 2.21 bits per heavy atom. The number of carbonyl (C=O) groups is 3. The summed E-state index contributed by atoms with van der Waals surface area (Å²) in [4.78, 5) is 44.6. The molecular formula is C29H30AlFN4O7. The van der Waals surface area contributed by atoms with Crippen molar-refractivity contribution in [1.29, 1.82) is 0 Å². The van der Waals surface area contributed by atoms with Crippen LogP contribution in [0.3, 0.4) is 0 Å². The fourth-order valence-corrected chi connectivity index (χ4v) is 9.33. The minimum absolute atomic E-state index is 0.0456. The van der Waals surface area contributed by atoms with Crippen molar-refractivity contribution in [2.24, 2.45) is 0 Å². The first-order valence-corrected chi connectivity index (χ1v) is 15.6. The van der Waals surface area contributed by atoms with Crippen molar-refractivity contribution in [3.05, 3.63) is 48.5 Å². The zero-order valence-electron chi connectivity index (χ0n) is 23.4. The Bertz CT molecular complexity index is 1540. The molecule has 4 saturated heterocycles. The maximum absolute atomic E-state index is 15.4. The van der Waals surface area contributed by atoms with Crippen LogP contribution in [0, 0.1) is 0 Å². The first kappa shape index (κ1) is 27.4. The van der Waals surface area contributed by atoms with Crippen LogP contribution in [0.25, 0.3) is 22.3 Å². The topological polar surface area (TPSA) is 105 Å². The number of nitrogens with zero attached hydrogens (tertiary/aromatic N) is 4. The first-order chi connectivity index (χ1) is 20.2. The van der Waals surface area contributed by atoms with Crippen LogP contribution in [0.5, 0.6) is 5.75 Å². The van der Waals surface area contributed by atoms with E-state index in [1.807, 2.05) is 49.3 Å². The maximum Gasteiger partial charge on any atom is 0.672 e. The van der Waals surface area contributed by atoms with Crippen molar-refractivity contribution in [2.45, 2.75) is 15.6 Å². The number of fused-ring (bicyclic) bond motifs is 1. The van der Waals surface area contributed by atoms with E-state index in [2.05, 4.69) is 4.90 Å². The van der Waals surface area contributed by atoms with Gasteiger partial charge in [-0.2, -0.15) is 0 Å². The summed E-state index contributed by atoms with van der Waals surface area (Å²) >= 11 is -3.24. The molecule has 4 fully saturated rings. The number of benzene rings is 2. The van der Waals surface area contributed by atoms with Gasteiger partial charge in [-0.05, 0) is 48.5 Å². The Kier molecular flexibility index (Phi) is 6.56. The van der Waals surface area contributed by atoms with Crippen molar-refractivity contribution in [3.63, 3.8) is 0 Å². The van der Waals surface area contributed by atoms with Crippen LogP contribution in [-0.2, 0) is 23.9 Å². The summed E-state index contributed by atoms with van der Waals surface area (Å²) in [5.41, 5.74) is 2.74. The highest BCUT2D eigenvalue weighted by Crippen LogP contribution is 2.60. The number of esters is 3. The van der Waals surface area contributed by atoms with Gasteiger partial charge in [-0.15, -0.1) is 0 Å². The number of rotatable bonds is 6. The third kappa shape index (κ3) is 4.30. The van der Waals surface area contributed by atoms with E-state index >= 15 is 3.52 Å². The van der Waals surface area contributed by atoms with E-state index in [0.29, 0.717) is 44.1 Å². The molecule has 0 amide bonds. The van der Waals surface area contributed by atoms with E-state index in [9.17, 15) is 14.4 Å². The second kappa shape index (κ2) is 10.1. The van der Waals surface area contributed by atoms with Crippen LogP contribution in [0.1, 0.15) is 6.42 Å². The van der Waals surface area contributed by atoms with Gasteiger partial charge in [-0.1, -0.05) is 0 Å². The summed E-state index contributed by atoms with van der Waals surface area (Å²) in [5, 5.41) is 0.827. The van der Waals surface area contributed by atoms with Crippen molar-refractivity contribution >= 4 is 49.2 Å². The fourth-order valence-electron chi connectivity index (χ4n) is 6.40. The molecule has 218 valence electrons. The number of hydrogen-bond donors (Lipinski definition) is 0. The number of carbonyl (C=O) groups excluding carboxylic acids is 3. The standard InChI is InChI=1S/C29H30N4O7.Al.FH/c1-30(2)21-5-3-19(4-6-21)24-16-20-15-22(7-8-23(20)38-24)37-25(34)9-10-31-11-13-32-17-26(35)39-28(32)29-33(14-12-31)18-27(36)40-29;;/h3-8,15-16H,9-14,17-18H2,1-2H3;;1H/q;+1;/p-1. The zero-order chi connectivity index (χ0) is 29.2. The SMILES string of the molecule is CN(C)c1ccc(-c2cc3cc(OC(=O)CCN4CCN5CC(=O)O[C@@]56[Al]([F])[C@]65OC(=O)CN5CC4)ccc3o2)cc1. The predicted molar refractivity (Wildman–Crippen MR) is 150 cm³/mol. The number of anilines is 1. The average molecular weight is 593 g/mol. The summed E-state index contributed by atoms with van der Waals surface area (Å²) in [6.07, 6.45) is 0.133. The maximum atomic E-state index is 15.4. The lowest BCUT2D eigenvalue weighted by atomic mass is 10.1. The number of halogens is 1. The normalized spacial score (nSPS) is 26.0. The van der Waals surface area contributed by atoms with Gasteiger partial charge in [-0.3, -0.25) is 24.2 Å². The molecule has 2 atom stereocenters. The van der Waals surface area contributed by atoms with Crippen molar-refractivity contribution in [3.8, 4) is 17.1 Å². The molecule has 7 rings (SSSR count). The van der Waals surface area contributed by atoms with Crippen molar-refractivity contribution in [1.82, 2.24) is 14.7 Å². The monoisotopic (exact) mass is 592 g/mol. The molecule has 13 heteroatoms. The van der Waals surface area contributed by atoms with Gasteiger partial charge in [0.2, 0.25) is 0 Å².